The predicted molar refractivity (Wildman–Crippen MR) is 168 cm³/mol. The molecule has 4 aromatic rings. The van der Waals surface area contributed by atoms with Gasteiger partial charge < -0.3 is 23.7 Å². The van der Waals surface area contributed by atoms with Crippen molar-refractivity contribution in [2.24, 2.45) is 0 Å². The minimum atomic E-state index is -0.836. The van der Waals surface area contributed by atoms with E-state index in [1.807, 2.05) is 55.5 Å². The molecule has 5 rings (SSSR count). The molecule has 1 fully saturated rings. The Kier molecular flexibility index (Phi) is 9.64. The SMILES string of the molecule is CCOc1cc(COc2ccc(/C=C3\C(=O)NC(=O)N(c4ccc(OC)cc4)C3=O)cc2OC)ccc1OCc1ccccc1. The van der Waals surface area contributed by atoms with Crippen LogP contribution in [-0.4, -0.2) is 38.7 Å². The number of nitrogens with one attached hydrogen (secondary N) is 1. The van der Waals surface area contributed by atoms with Gasteiger partial charge in [-0.3, -0.25) is 14.9 Å². The summed E-state index contributed by atoms with van der Waals surface area (Å²) in [6.07, 6.45) is 1.40. The number of carbonyl (C=O) groups excluding carboxylic acids is 3. The van der Waals surface area contributed by atoms with Gasteiger partial charge in [0.05, 0.1) is 26.5 Å². The average Bonchev–Trinajstić information content (AvgIpc) is 3.06. The van der Waals surface area contributed by atoms with Crippen LogP contribution in [0.4, 0.5) is 10.5 Å². The number of imide groups is 2. The monoisotopic (exact) mass is 608 g/mol. The summed E-state index contributed by atoms with van der Waals surface area (Å²) in [5.41, 5.74) is 2.49. The molecule has 45 heavy (non-hydrogen) atoms. The van der Waals surface area contributed by atoms with Crippen LogP contribution < -0.4 is 33.9 Å². The van der Waals surface area contributed by atoms with Crippen LogP contribution in [0.15, 0.2) is 96.6 Å². The van der Waals surface area contributed by atoms with Crippen molar-refractivity contribution in [1.82, 2.24) is 5.32 Å². The molecule has 0 aliphatic carbocycles. The maximum atomic E-state index is 13.3. The molecule has 4 aromatic carbocycles. The van der Waals surface area contributed by atoms with Gasteiger partial charge in [0.2, 0.25) is 0 Å². The van der Waals surface area contributed by atoms with E-state index < -0.39 is 17.8 Å². The van der Waals surface area contributed by atoms with Crippen molar-refractivity contribution < 1.29 is 38.1 Å². The predicted octanol–water partition coefficient (Wildman–Crippen LogP) is 5.93. The number of barbiturate groups is 1. The molecule has 1 aliphatic rings. The summed E-state index contributed by atoms with van der Waals surface area (Å²) in [6.45, 7) is 3.02. The highest BCUT2D eigenvalue weighted by Crippen LogP contribution is 2.33. The van der Waals surface area contributed by atoms with Gasteiger partial charge in [0.15, 0.2) is 23.0 Å². The molecule has 0 radical (unpaired) electrons. The molecule has 1 N–H and O–H groups in total. The third-order valence-corrected chi connectivity index (χ3v) is 6.87. The van der Waals surface area contributed by atoms with Crippen LogP contribution in [0.3, 0.4) is 0 Å². The number of nitrogens with zero attached hydrogens (tertiary/aromatic N) is 1. The lowest BCUT2D eigenvalue weighted by Gasteiger charge is -2.26. The fraction of sp³-hybridized carbons (Fsp3) is 0.171. The first-order valence-corrected chi connectivity index (χ1v) is 14.2. The number of hydrogen-bond donors (Lipinski definition) is 1. The Balaban J connectivity index is 1.30. The Morgan fingerprint density at radius 2 is 1.38 bits per heavy atom. The minimum Gasteiger partial charge on any atom is -0.497 e. The van der Waals surface area contributed by atoms with Crippen molar-refractivity contribution in [3.05, 3.63) is 113 Å². The van der Waals surface area contributed by atoms with Crippen LogP contribution in [0.5, 0.6) is 28.7 Å². The molecular formula is C35H32N2O8. The van der Waals surface area contributed by atoms with Crippen molar-refractivity contribution in [2.75, 3.05) is 25.7 Å². The van der Waals surface area contributed by atoms with Gasteiger partial charge in [-0.15, -0.1) is 0 Å². The zero-order valence-corrected chi connectivity index (χ0v) is 25.1. The largest absolute Gasteiger partial charge is 0.497 e. The molecule has 230 valence electrons. The summed E-state index contributed by atoms with van der Waals surface area (Å²) in [5.74, 6) is 1.10. The van der Waals surface area contributed by atoms with E-state index in [1.165, 1.54) is 20.3 Å². The summed E-state index contributed by atoms with van der Waals surface area (Å²) in [4.78, 5) is 39.3. The van der Waals surface area contributed by atoms with Crippen LogP contribution in [0, 0.1) is 0 Å². The highest BCUT2D eigenvalue weighted by molar-refractivity contribution is 6.39. The number of amides is 4. The third kappa shape index (κ3) is 7.24. The first-order chi connectivity index (χ1) is 21.9. The van der Waals surface area contributed by atoms with Crippen LogP contribution in [0.1, 0.15) is 23.6 Å². The maximum Gasteiger partial charge on any atom is 0.335 e. The van der Waals surface area contributed by atoms with Crippen molar-refractivity contribution >= 4 is 29.6 Å². The second kappa shape index (κ2) is 14.1. The molecule has 0 saturated carbocycles. The lowest BCUT2D eigenvalue weighted by molar-refractivity contribution is -0.122. The van der Waals surface area contributed by atoms with Crippen molar-refractivity contribution in [3.63, 3.8) is 0 Å². The molecule has 0 unspecified atom stereocenters. The van der Waals surface area contributed by atoms with E-state index in [0.717, 1.165) is 16.0 Å². The van der Waals surface area contributed by atoms with E-state index >= 15 is 0 Å². The molecular weight excluding hydrogens is 576 g/mol. The van der Waals surface area contributed by atoms with Crippen LogP contribution in [0.2, 0.25) is 0 Å². The number of hydrogen-bond acceptors (Lipinski definition) is 8. The van der Waals surface area contributed by atoms with Gasteiger partial charge in [-0.25, -0.2) is 9.69 Å². The molecule has 10 heteroatoms. The molecule has 1 saturated heterocycles. The van der Waals surface area contributed by atoms with Gasteiger partial charge in [0.25, 0.3) is 11.8 Å². The zero-order valence-electron chi connectivity index (χ0n) is 25.1. The summed E-state index contributed by atoms with van der Waals surface area (Å²) in [5, 5.41) is 2.22. The fourth-order valence-corrected chi connectivity index (χ4v) is 4.61. The lowest BCUT2D eigenvalue weighted by atomic mass is 10.1. The molecule has 0 spiro atoms. The number of methoxy groups -OCH3 is 2. The van der Waals surface area contributed by atoms with E-state index in [4.69, 9.17) is 23.7 Å². The molecule has 1 aliphatic heterocycles. The fourth-order valence-electron chi connectivity index (χ4n) is 4.61. The van der Waals surface area contributed by atoms with E-state index in [-0.39, 0.29) is 12.2 Å². The average molecular weight is 609 g/mol. The van der Waals surface area contributed by atoms with Gasteiger partial charge >= 0.3 is 6.03 Å². The topological polar surface area (TPSA) is 113 Å². The Morgan fingerprint density at radius 3 is 2.07 bits per heavy atom. The highest BCUT2D eigenvalue weighted by atomic mass is 16.5. The molecule has 0 atom stereocenters. The van der Waals surface area contributed by atoms with Crippen molar-refractivity contribution in [3.8, 4) is 28.7 Å². The number of benzene rings is 4. The first-order valence-electron chi connectivity index (χ1n) is 14.2. The standard InChI is InChI=1S/C35H32N2O8/c1-4-43-32-20-25(11-17-30(32)44-21-23-8-6-5-7-9-23)22-45-29-16-10-24(19-31(29)42-3)18-28-33(38)36-35(40)37(34(28)39)26-12-14-27(41-2)15-13-26/h5-20H,4,21-22H2,1-3H3,(H,36,38,40)/b28-18+. The summed E-state index contributed by atoms with van der Waals surface area (Å²) < 4.78 is 28.6. The van der Waals surface area contributed by atoms with Crippen molar-refractivity contribution in [1.29, 1.82) is 0 Å². The molecule has 10 nitrogen and oxygen atoms in total. The van der Waals surface area contributed by atoms with Gasteiger partial charge in [0, 0.05) is 0 Å². The van der Waals surface area contributed by atoms with E-state index in [9.17, 15) is 14.4 Å². The minimum absolute atomic E-state index is 0.209. The number of carbonyl (C=O) groups is 3. The normalized spacial score (nSPS) is 13.8. The number of anilines is 1. The maximum absolute atomic E-state index is 13.3. The Hall–Kier alpha value is -5.77. The summed E-state index contributed by atoms with van der Waals surface area (Å²) in [7, 11) is 3.00. The van der Waals surface area contributed by atoms with E-state index in [0.29, 0.717) is 53.2 Å². The number of urea groups is 1. The molecule has 0 aromatic heterocycles. The zero-order chi connectivity index (χ0) is 31.8. The highest BCUT2D eigenvalue weighted by Gasteiger charge is 2.36. The van der Waals surface area contributed by atoms with Crippen LogP contribution in [-0.2, 0) is 22.8 Å². The van der Waals surface area contributed by atoms with Gasteiger partial charge in [-0.05, 0) is 78.2 Å². The van der Waals surface area contributed by atoms with Gasteiger partial charge in [0.1, 0.15) is 24.5 Å². The summed E-state index contributed by atoms with van der Waals surface area (Å²) in [6, 6.07) is 26.0. The third-order valence-electron chi connectivity index (χ3n) is 6.87. The Bertz CT molecular complexity index is 1720. The lowest BCUT2D eigenvalue weighted by Crippen LogP contribution is -2.54. The summed E-state index contributed by atoms with van der Waals surface area (Å²) >= 11 is 0. The molecule has 0 bridgehead atoms. The quantitative estimate of drug-likeness (QED) is 0.156. The molecule has 1 heterocycles. The van der Waals surface area contributed by atoms with Gasteiger partial charge in [-0.1, -0.05) is 42.5 Å². The van der Waals surface area contributed by atoms with E-state index in [1.54, 1.807) is 42.5 Å². The van der Waals surface area contributed by atoms with Crippen molar-refractivity contribution in [2.45, 2.75) is 20.1 Å². The van der Waals surface area contributed by atoms with Crippen LogP contribution in [0.25, 0.3) is 6.08 Å². The second-order valence-corrected chi connectivity index (χ2v) is 9.84. The Morgan fingerprint density at radius 1 is 0.689 bits per heavy atom. The molecule has 4 amide bonds. The number of ether oxygens (including phenoxy) is 5. The number of rotatable bonds is 12. The smallest absolute Gasteiger partial charge is 0.335 e. The van der Waals surface area contributed by atoms with Crippen LogP contribution >= 0.6 is 0 Å². The first kappa shape index (κ1) is 30.7. The Labute approximate surface area is 260 Å². The van der Waals surface area contributed by atoms with Gasteiger partial charge in [-0.2, -0.15) is 0 Å². The van der Waals surface area contributed by atoms with E-state index in [2.05, 4.69) is 5.32 Å². The second-order valence-electron chi connectivity index (χ2n) is 9.84.